The van der Waals surface area contributed by atoms with Gasteiger partial charge in [-0.1, -0.05) is 59.3 Å². The van der Waals surface area contributed by atoms with Crippen molar-refractivity contribution >= 4 is 23.8 Å². The third kappa shape index (κ3) is 11.5. The highest BCUT2D eigenvalue weighted by molar-refractivity contribution is 5.93. The molecule has 2 saturated carbocycles. The molecule has 1 amide bonds. The highest BCUT2D eigenvalue weighted by atomic mass is 19.1. The van der Waals surface area contributed by atoms with Gasteiger partial charge in [0.15, 0.2) is 41.3 Å². The van der Waals surface area contributed by atoms with Gasteiger partial charge in [-0.15, -0.1) is 0 Å². The Hall–Kier alpha value is -3.19. The van der Waals surface area contributed by atoms with Gasteiger partial charge < -0.3 is 73.6 Å². The summed E-state index contributed by atoms with van der Waals surface area (Å²) in [5.74, 6) is -5.55. The third-order valence-electron chi connectivity index (χ3n) is 22.3. The van der Waals surface area contributed by atoms with Crippen molar-refractivity contribution in [2.45, 2.75) is 262 Å². The standard InChI is InChI=1S/C63H102FN3O17/c1-17-46-61(14)52(83-56(74)84-61)38(8)67(25-19-24-65-55(73)63(76)34(4)26-43-42-21-20-40-28-41(68)22-23-57(40,10)62(42,64)45(69)30-58(43,63)11)32-33(3)29-59(12,75)51(82-54-48(70)44(66(15)18-2)27-35(5)78-54)36(6)49(37(7)53(72)80-46)81-47-31-60(13,77-16)50(71)39(9)79-47/h20,22-23,33-39,42-52,54,69-71,75-76H,17-19,21,24-32H2,1-16H3,(H,65,73)/t33-,34-,35-,36+,37-,38-,39+,42?,43?,44+,45+,46-,47+,48-,49+,50+,51-,52-,54+,57+,58+,59-,60-,61-,62+,63+/m1/s1. The van der Waals surface area contributed by atoms with Crippen molar-refractivity contribution in [1.82, 2.24) is 15.1 Å². The first-order chi connectivity index (χ1) is 39.1. The molecule has 6 N–H and O–H groups in total. The van der Waals surface area contributed by atoms with Crippen LogP contribution in [0.15, 0.2) is 23.8 Å². The summed E-state index contributed by atoms with van der Waals surface area (Å²) in [6.45, 7) is 26.5. The Labute approximate surface area is 497 Å². The van der Waals surface area contributed by atoms with E-state index in [4.69, 9.17) is 37.9 Å². The van der Waals surface area contributed by atoms with Gasteiger partial charge in [0, 0.05) is 74.3 Å². The van der Waals surface area contributed by atoms with Crippen LogP contribution in [0.4, 0.5) is 9.18 Å². The van der Waals surface area contributed by atoms with Crippen LogP contribution in [-0.2, 0) is 52.3 Å². The number of amides is 1. The highest BCUT2D eigenvalue weighted by Crippen LogP contribution is 2.70. The molecule has 0 spiro atoms. The molecule has 478 valence electrons. The lowest BCUT2D eigenvalue weighted by atomic mass is 9.45. The summed E-state index contributed by atoms with van der Waals surface area (Å²) in [7, 11) is 3.41. The van der Waals surface area contributed by atoms with E-state index in [0.717, 1.165) is 0 Å². The minimum Gasteiger partial charge on any atom is -0.458 e. The Bertz CT molecular complexity index is 2470. The second-order valence-corrected chi connectivity index (χ2v) is 28.0. The van der Waals surface area contributed by atoms with Crippen LogP contribution in [0.5, 0.6) is 0 Å². The summed E-state index contributed by atoms with van der Waals surface area (Å²) in [4.78, 5) is 59.8. The number of allylic oxidation sites excluding steroid dienone is 4. The molecule has 4 saturated heterocycles. The molecule has 6 fully saturated rings. The lowest BCUT2D eigenvalue weighted by Crippen LogP contribution is -2.69. The molecule has 21 heteroatoms. The van der Waals surface area contributed by atoms with Gasteiger partial charge >= 0.3 is 12.1 Å². The Balaban J connectivity index is 1.09. The zero-order chi connectivity index (χ0) is 62.2. The molecule has 2 unspecified atom stereocenters. The number of nitrogens with one attached hydrogen (secondary N) is 1. The maximum Gasteiger partial charge on any atom is 0.509 e. The summed E-state index contributed by atoms with van der Waals surface area (Å²) >= 11 is 0. The summed E-state index contributed by atoms with van der Waals surface area (Å²) in [6.07, 6.45) is -5.64. The SMILES string of the molecule is CC[C@H]1OC(=O)[C@H](C)[C@@H](O[C@H]2C[C@@](C)(OC)[C@@H](O)[C@H](C)O2)[C@H](C)[C@@H](O[C@@H]2O[C@H](C)C[C@H](N(C)CC)[C@H]2O)[C@](C)(O)C[C@@H](C)CN(CCCNC(=O)[C@@]2(O)[C@H](C)CC3C4CC=C5CC(=O)C=C[C@]5(C)[C@@]4(F)[C@@H](O)C[C@@]32C)[C@H](C)[C@H]2OC(=O)O[C@@]21C. The van der Waals surface area contributed by atoms with E-state index >= 15 is 4.39 Å². The number of alkyl halides is 1. The first-order valence-electron chi connectivity index (χ1n) is 31.2. The van der Waals surface area contributed by atoms with E-state index in [1.807, 2.05) is 52.6 Å². The second kappa shape index (κ2) is 24.6. The minimum absolute atomic E-state index is 0.0707. The maximum atomic E-state index is 18.0. The predicted molar refractivity (Wildman–Crippen MR) is 306 cm³/mol. The molecular weight excluding hydrogens is 1090 g/mol. The van der Waals surface area contributed by atoms with Gasteiger partial charge in [0.1, 0.15) is 18.3 Å². The third-order valence-corrected chi connectivity index (χ3v) is 22.3. The Morgan fingerprint density at radius 2 is 1.61 bits per heavy atom. The number of hydrogen-bond donors (Lipinski definition) is 6. The van der Waals surface area contributed by atoms with E-state index < -0.39 is 154 Å². The van der Waals surface area contributed by atoms with E-state index in [1.54, 1.807) is 68.4 Å². The van der Waals surface area contributed by atoms with Gasteiger partial charge in [0.05, 0.1) is 47.6 Å². The van der Waals surface area contributed by atoms with Crippen LogP contribution in [0.1, 0.15) is 155 Å². The normalized spacial score (nSPS) is 49.4. The molecule has 0 bridgehead atoms. The largest absolute Gasteiger partial charge is 0.509 e. The number of halogens is 1. The molecule has 4 heterocycles. The maximum absolute atomic E-state index is 18.0. The van der Waals surface area contributed by atoms with Crippen molar-refractivity contribution in [1.29, 1.82) is 0 Å². The number of ketones is 1. The molecular formula is C63H102FN3O17. The molecule has 20 nitrogen and oxygen atoms in total. The van der Waals surface area contributed by atoms with Crippen molar-refractivity contribution in [2.24, 2.45) is 46.3 Å². The fraction of sp³-hybridized carbons (Fsp3) is 0.873. The van der Waals surface area contributed by atoms with Gasteiger partial charge in [-0.25, -0.2) is 9.18 Å². The number of cyclic esters (lactones) is 1. The van der Waals surface area contributed by atoms with Crippen LogP contribution in [0, 0.1) is 46.3 Å². The Kier molecular flexibility index (Phi) is 19.6. The summed E-state index contributed by atoms with van der Waals surface area (Å²) in [6, 6.07) is -0.967. The first-order valence-corrected chi connectivity index (χ1v) is 31.2. The zero-order valence-corrected chi connectivity index (χ0v) is 52.8. The molecule has 4 aliphatic heterocycles. The van der Waals surface area contributed by atoms with Crippen LogP contribution in [0.2, 0.25) is 0 Å². The van der Waals surface area contributed by atoms with E-state index in [0.29, 0.717) is 44.5 Å². The van der Waals surface area contributed by atoms with Crippen molar-refractivity contribution in [3.05, 3.63) is 23.8 Å². The Morgan fingerprint density at radius 1 is 0.917 bits per heavy atom. The number of rotatable bonds is 13. The van der Waals surface area contributed by atoms with Crippen LogP contribution in [-0.4, -0.2) is 207 Å². The number of methoxy groups -OCH3 is 1. The average molecular weight is 1190 g/mol. The number of hydrogen-bond acceptors (Lipinski definition) is 19. The Morgan fingerprint density at radius 3 is 2.26 bits per heavy atom. The number of aliphatic hydroxyl groups excluding tert-OH is 3. The average Bonchev–Trinajstić information content (AvgIpc) is 1.38. The van der Waals surface area contributed by atoms with E-state index in [9.17, 15) is 44.7 Å². The number of carbonyl (C=O) groups is 4. The predicted octanol–water partition coefficient (Wildman–Crippen LogP) is 5.70. The first kappa shape index (κ1) is 66.8. The topological polar surface area (TPSA) is 262 Å². The van der Waals surface area contributed by atoms with Crippen molar-refractivity contribution in [3.63, 3.8) is 0 Å². The number of fused-ring (bicyclic) bond motifs is 6. The highest BCUT2D eigenvalue weighted by Gasteiger charge is 2.75. The van der Waals surface area contributed by atoms with Crippen LogP contribution in [0.25, 0.3) is 0 Å². The van der Waals surface area contributed by atoms with Gasteiger partial charge in [-0.05, 0) is 138 Å². The molecule has 8 aliphatic rings. The van der Waals surface area contributed by atoms with Gasteiger partial charge in [0.25, 0.3) is 5.91 Å². The smallest absolute Gasteiger partial charge is 0.458 e. The fourth-order valence-electron chi connectivity index (χ4n) is 17.2. The number of esters is 1. The molecule has 84 heavy (non-hydrogen) atoms. The molecule has 8 rings (SSSR count). The molecule has 4 aliphatic carbocycles. The van der Waals surface area contributed by atoms with E-state index in [2.05, 4.69) is 10.2 Å². The molecule has 0 aromatic carbocycles. The van der Waals surface area contributed by atoms with Crippen molar-refractivity contribution < 1.29 is 87.0 Å². The van der Waals surface area contributed by atoms with Crippen LogP contribution in [0.3, 0.4) is 0 Å². The minimum atomic E-state index is -2.13. The number of likely N-dealkylation sites (N-methyl/N-ethyl adjacent to an activating group) is 1. The molecule has 0 radical (unpaired) electrons. The lowest BCUT2D eigenvalue weighted by molar-refractivity contribution is -0.318. The molecule has 0 aromatic heterocycles. The van der Waals surface area contributed by atoms with Gasteiger partial charge in [-0.2, -0.15) is 0 Å². The van der Waals surface area contributed by atoms with E-state index in [-0.39, 0.29) is 68.9 Å². The van der Waals surface area contributed by atoms with E-state index in [1.165, 1.54) is 13.2 Å². The molecule has 26 atom stereocenters. The summed E-state index contributed by atoms with van der Waals surface area (Å²) in [5.41, 5.74) is -10.2. The van der Waals surface area contributed by atoms with Crippen LogP contribution < -0.4 is 5.32 Å². The van der Waals surface area contributed by atoms with Gasteiger partial charge in [-0.3, -0.25) is 19.3 Å². The fourth-order valence-corrected chi connectivity index (χ4v) is 17.2. The number of ether oxygens (including phenoxy) is 8. The van der Waals surface area contributed by atoms with Crippen molar-refractivity contribution in [3.8, 4) is 0 Å². The summed E-state index contributed by atoms with van der Waals surface area (Å²) in [5, 5.41) is 64.2. The van der Waals surface area contributed by atoms with Gasteiger partial charge in [0.2, 0.25) is 0 Å². The van der Waals surface area contributed by atoms with Crippen molar-refractivity contribution in [2.75, 3.05) is 40.3 Å². The number of aliphatic hydroxyl groups is 5. The summed E-state index contributed by atoms with van der Waals surface area (Å²) < 4.78 is 68.9. The monoisotopic (exact) mass is 1190 g/mol. The number of nitrogens with zero attached hydrogens (tertiary/aromatic N) is 2. The number of carbonyl (C=O) groups excluding carboxylic acids is 4. The lowest BCUT2D eigenvalue weighted by Gasteiger charge is -2.61. The second-order valence-electron chi connectivity index (χ2n) is 28.0. The molecule has 0 aromatic rings. The zero-order valence-electron chi connectivity index (χ0n) is 52.8. The quantitative estimate of drug-likeness (QED) is 0.0734. The van der Waals surface area contributed by atoms with Crippen LogP contribution >= 0.6 is 0 Å².